The molecule has 5 heteroatoms. The maximum atomic E-state index is 11.9. The number of carbonyl (C=O) groups is 1. The van der Waals surface area contributed by atoms with Crippen LogP contribution in [0.5, 0.6) is 11.5 Å². The van der Waals surface area contributed by atoms with E-state index in [-0.39, 0.29) is 5.91 Å². The van der Waals surface area contributed by atoms with Crippen LogP contribution in [0.25, 0.3) is 0 Å². The first kappa shape index (κ1) is 15.6. The Morgan fingerprint density at radius 1 is 1.29 bits per heavy atom. The fraction of sp³-hybridized carbons (Fsp3) is 0.562. The first-order chi connectivity index (χ1) is 10.1. The predicted molar refractivity (Wildman–Crippen MR) is 81.3 cm³/mol. The van der Waals surface area contributed by atoms with Crippen LogP contribution in [-0.4, -0.2) is 25.2 Å². The molecule has 0 fully saturated rings. The highest BCUT2D eigenvalue weighted by atomic mass is 16.5. The third-order valence-electron chi connectivity index (χ3n) is 3.34. The molecule has 0 unspecified atom stereocenters. The van der Waals surface area contributed by atoms with E-state index in [4.69, 9.17) is 15.2 Å². The van der Waals surface area contributed by atoms with E-state index in [2.05, 4.69) is 19.2 Å². The Kier molecular flexibility index (Phi) is 5.44. The lowest BCUT2D eigenvalue weighted by molar-refractivity contribution is -0.122. The maximum absolute atomic E-state index is 11.9. The Morgan fingerprint density at radius 3 is 2.71 bits per heavy atom. The van der Waals surface area contributed by atoms with Gasteiger partial charge in [0.05, 0.1) is 19.3 Å². The summed E-state index contributed by atoms with van der Waals surface area (Å²) in [7, 11) is 0. The number of fused-ring (bicyclic) bond motifs is 1. The highest BCUT2D eigenvalue weighted by Gasteiger charge is 2.15. The Morgan fingerprint density at radius 2 is 2.00 bits per heavy atom. The summed E-state index contributed by atoms with van der Waals surface area (Å²) in [5, 5.41) is 2.87. The van der Waals surface area contributed by atoms with Crippen molar-refractivity contribution in [3.8, 4) is 11.5 Å². The van der Waals surface area contributed by atoms with Crippen molar-refractivity contribution in [2.45, 2.75) is 39.3 Å². The lowest BCUT2D eigenvalue weighted by atomic mass is 10.0. The molecule has 0 bridgehead atoms. The molecule has 1 aliphatic heterocycles. The van der Waals surface area contributed by atoms with E-state index in [1.165, 1.54) is 0 Å². The lowest BCUT2D eigenvalue weighted by Crippen LogP contribution is -2.41. The lowest BCUT2D eigenvalue weighted by Gasteiger charge is -2.15. The summed E-state index contributed by atoms with van der Waals surface area (Å²) in [6.07, 6.45) is 1.57. The molecule has 0 saturated heterocycles. The van der Waals surface area contributed by atoms with Crippen LogP contribution in [0.4, 0.5) is 0 Å². The molecule has 116 valence electrons. The standard InChI is InChI=1S/C16H24N2O3/c1-11(2)8-13(17)16(19)18-10-12-4-5-14-15(9-12)21-7-3-6-20-14/h4-5,9,11,13H,3,6-8,10,17H2,1-2H3,(H,18,19)/t13-/m0/s1. The highest BCUT2D eigenvalue weighted by molar-refractivity contribution is 5.81. The minimum atomic E-state index is -0.453. The van der Waals surface area contributed by atoms with E-state index in [0.717, 1.165) is 23.5 Å². The molecule has 0 aromatic heterocycles. The van der Waals surface area contributed by atoms with Crippen LogP contribution in [0, 0.1) is 5.92 Å². The molecular weight excluding hydrogens is 268 g/mol. The quantitative estimate of drug-likeness (QED) is 0.868. The SMILES string of the molecule is CC(C)C[C@H](N)C(=O)NCc1ccc2c(c1)OCCCO2. The average Bonchev–Trinajstić information content (AvgIpc) is 2.68. The Balaban J connectivity index is 1.91. The Labute approximate surface area is 125 Å². The number of amides is 1. The van der Waals surface area contributed by atoms with Crippen molar-refractivity contribution < 1.29 is 14.3 Å². The summed E-state index contributed by atoms with van der Waals surface area (Å²) in [5.41, 5.74) is 6.83. The van der Waals surface area contributed by atoms with Gasteiger partial charge in [-0.2, -0.15) is 0 Å². The topological polar surface area (TPSA) is 73.6 Å². The van der Waals surface area contributed by atoms with Crippen LogP contribution in [0.2, 0.25) is 0 Å². The zero-order chi connectivity index (χ0) is 15.2. The monoisotopic (exact) mass is 292 g/mol. The summed E-state index contributed by atoms with van der Waals surface area (Å²) >= 11 is 0. The second kappa shape index (κ2) is 7.31. The van der Waals surface area contributed by atoms with Crippen LogP contribution < -0.4 is 20.5 Å². The van der Waals surface area contributed by atoms with Crippen molar-refractivity contribution in [3.63, 3.8) is 0 Å². The molecule has 0 spiro atoms. The van der Waals surface area contributed by atoms with E-state index >= 15 is 0 Å². The van der Waals surface area contributed by atoms with Gasteiger partial charge in [0, 0.05) is 13.0 Å². The third kappa shape index (κ3) is 4.63. The second-order valence-corrected chi connectivity index (χ2v) is 5.79. The van der Waals surface area contributed by atoms with Gasteiger partial charge >= 0.3 is 0 Å². The van der Waals surface area contributed by atoms with Crippen molar-refractivity contribution in [1.82, 2.24) is 5.32 Å². The Hall–Kier alpha value is -1.75. The first-order valence-electron chi connectivity index (χ1n) is 7.48. The molecule has 0 radical (unpaired) electrons. The fourth-order valence-electron chi connectivity index (χ4n) is 2.25. The number of hydrogen-bond acceptors (Lipinski definition) is 4. The molecule has 1 heterocycles. The van der Waals surface area contributed by atoms with Crippen LogP contribution in [0.3, 0.4) is 0 Å². The number of carbonyl (C=O) groups excluding carboxylic acids is 1. The first-order valence-corrected chi connectivity index (χ1v) is 7.48. The van der Waals surface area contributed by atoms with Gasteiger partial charge in [0.2, 0.25) is 5.91 Å². The molecule has 0 aliphatic carbocycles. The molecule has 1 aliphatic rings. The number of hydrogen-bond donors (Lipinski definition) is 2. The van der Waals surface area contributed by atoms with Crippen LogP contribution in [-0.2, 0) is 11.3 Å². The fourth-order valence-corrected chi connectivity index (χ4v) is 2.25. The number of nitrogens with one attached hydrogen (secondary N) is 1. The van der Waals surface area contributed by atoms with Crippen molar-refractivity contribution >= 4 is 5.91 Å². The third-order valence-corrected chi connectivity index (χ3v) is 3.34. The molecule has 1 aromatic rings. The Bertz CT molecular complexity index is 488. The van der Waals surface area contributed by atoms with Crippen LogP contribution in [0.1, 0.15) is 32.3 Å². The van der Waals surface area contributed by atoms with Crippen LogP contribution >= 0.6 is 0 Å². The second-order valence-electron chi connectivity index (χ2n) is 5.79. The summed E-state index contributed by atoms with van der Waals surface area (Å²) in [5.74, 6) is 1.80. The summed E-state index contributed by atoms with van der Waals surface area (Å²) in [6, 6.07) is 5.28. The van der Waals surface area contributed by atoms with Gasteiger partial charge in [-0.25, -0.2) is 0 Å². The maximum Gasteiger partial charge on any atom is 0.237 e. The van der Waals surface area contributed by atoms with Crippen molar-refractivity contribution in [2.75, 3.05) is 13.2 Å². The highest BCUT2D eigenvalue weighted by Crippen LogP contribution is 2.30. The number of rotatable bonds is 5. The molecular formula is C16H24N2O3. The molecule has 1 amide bonds. The minimum Gasteiger partial charge on any atom is -0.490 e. The zero-order valence-corrected chi connectivity index (χ0v) is 12.7. The van der Waals surface area contributed by atoms with E-state index in [9.17, 15) is 4.79 Å². The molecule has 0 saturated carbocycles. The number of benzene rings is 1. The smallest absolute Gasteiger partial charge is 0.237 e. The average molecular weight is 292 g/mol. The van der Waals surface area contributed by atoms with E-state index < -0.39 is 6.04 Å². The van der Waals surface area contributed by atoms with Gasteiger partial charge in [0.25, 0.3) is 0 Å². The van der Waals surface area contributed by atoms with Gasteiger partial charge in [0.1, 0.15) is 0 Å². The van der Waals surface area contributed by atoms with Crippen molar-refractivity contribution in [2.24, 2.45) is 11.7 Å². The molecule has 21 heavy (non-hydrogen) atoms. The summed E-state index contributed by atoms with van der Waals surface area (Å²) < 4.78 is 11.2. The van der Waals surface area contributed by atoms with Gasteiger partial charge < -0.3 is 20.5 Å². The summed E-state index contributed by atoms with van der Waals surface area (Å²) in [4.78, 5) is 11.9. The van der Waals surface area contributed by atoms with Gasteiger partial charge in [-0.3, -0.25) is 4.79 Å². The summed E-state index contributed by atoms with van der Waals surface area (Å²) in [6.45, 7) is 5.88. The molecule has 2 rings (SSSR count). The predicted octanol–water partition coefficient (Wildman–Crippen LogP) is 1.84. The molecule has 5 nitrogen and oxygen atoms in total. The van der Waals surface area contributed by atoms with Crippen LogP contribution in [0.15, 0.2) is 18.2 Å². The molecule has 1 aromatic carbocycles. The van der Waals surface area contributed by atoms with Gasteiger partial charge in [-0.15, -0.1) is 0 Å². The molecule has 3 N–H and O–H groups in total. The van der Waals surface area contributed by atoms with E-state index in [1.54, 1.807) is 0 Å². The van der Waals surface area contributed by atoms with Crippen molar-refractivity contribution in [3.05, 3.63) is 23.8 Å². The van der Waals surface area contributed by atoms with E-state index in [1.807, 2.05) is 18.2 Å². The largest absolute Gasteiger partial charge is 0.490 e. The number of nitrogens with two attached hydrogens (primary N) is 1. The van der Waals surface area contributed by atoms with Gasteiger partial charge in [-0.05, 0) is 30.0 Å². The zero-order valence-electron chi connectivity index (χ0n) is 12.7. The molecule has 1 atom stereocenters. The van der Waals surface area contributed by atoms with Crippen molar-refractivity contribution in [1.29, 1.82) is 0 Å². The van der Waals surface area contributed by atoms with Gasteiger partial charge in [0.15, 0.2) is 11.5 Å². The van der Waals surface area contributed by atoms with E-state index in [0.29, 0.717) is 32.1 Å². The number of ether oxygens (including phenoxy) is 2. The van der Waals surface area contributed by atoms with Gasteiger partial charge in [-0.1, -0.05) is 19.9 Å². The minimum absolute atomic E-state index is 0.115. The normalized spacial score (nSPS) is 15.4.